The molecule has 0 heterocycles. The first-order valence-corrected chi connectivity index (χ1v) is 5.55. The zero-order valence-corrected chi connectivity index (χ0v) is 10.6. The van der Waals surface area contributed by atoms with E-state index in [-0.39, 0.29) is 39.6 Å². The highest BCUT2D eigenvalue weighted by Crippen LogP contribution is 1.76. The molecule has 0 saturated heterocycles. The van der Waals surface area contributed by atoms with Crippen molar-refractivity contribution in [3.05, 3.63) is 0 Å². The molecule has 114 valence electrons. The van der Waals surface area contributed by atoms with Gasteiger partial charge in [0.15, 0.2) is 0 Å². The van der Waals surface area contributed by atoms with Gasteiger partial charge in [-0.05, 0) is 0 Å². The fourth-order valence-corrected chi connectivity index (χ4v) is 0.451. The van der Waals surface area contributed by atoms with Gasteiger partial charge in [0.25, 0.3) is 0 Å². The molecule has 0 bridgehead atoms. The molecule has 0 unspecified atom stereocenters. The third-order valence-corrected chi connectivity index (χ3v) is 1.04. The minimum absolute atomic E-state index is 0.0417. The number of aliphatic hydroxyl groups excluding tert-OH is 6. The van der Waals surface area contributed by atoms with Gasteiger partial charge < -0.3 is 40.1 Å². The van der Waals surface area contributed by atoms with E-state index in [0.717, 1.165) is 0 Å². The summed E-state index contributed by atoms with van der Waals surface area (Å²) >= 11 is 0. The molecule has 8 nitrogen and oxygen atoms in total. The Kier molecular flexibility index (Phi) is 38.1. The van der Waals surface area contributed by atoms with E-state index in [2.05, 4.69) is 0 Å². The van der Waals surface area contributed by atoms with Gasteiger partial charge in [-0.15, -0.1) is 0 Å². The topological polar surface area (TPSA) is 140 Å². The number of hydrogen-bond acceptors (Lipinski definition) is 8. The maximum Gasteiger partial charge on any atom is 0.0701 e. The summed E-state index contributed by atoms with van der Waals surface area (Å²) in [5.74, 6) is 0. The third-order valence-electron chi connectivity index (χ3n) is 1.04. The van der Waals surface area contributed by atoms with E-state index < -0.39 is 0 Å². The van der Waals surface area contributed by atoms with E-state index in [1.54, 1.807) is 0 Å². The van der Waals surface area contributed by atoms with Crippen LogP contribution in [0.4, 0.5) is 0 Å². The summed E-state index contributed by atoms with van der Waals surface area (Å²) in [7, 11) is 0. The molecule has 18 heavy (non-hydrogen) atoms. The van der Waals surface area contributed by atoms with Crippen LogP contribution in [0, 0.1) is 0 Å². The van der Waals surface area contributed by atoms with Crippen molar-refractivity contribution in [2.75, 3.05) is 66.1 Å². The minimum Gasteiger partial charge on any atom is -0.394 e. The van der Waals surface area contributed by atoms with Gasteiger partial charge in [0, 0.05) is 0 Å². The lowest BCUT2D eigenvalue weighted by atomic mass is 10.7. The minimum atomic E-state index is -0.125. The predicted molar refractivity (Wildman–Crippen MR) is 64.2 cm³/mol. The number of hydrogen-bond donors (Lipinski definition) is 6. The van der Waals surface area contributed by atoms with Crippen molar-refractivity contribution >= 4 is 0 Å². The predicted octanol–water partition coefficient (Wildman–Crippen LogP) is -3.05. The molecule has 0 aliphatic carbocycles. The van der Waals surface area contributed by atoms with E-state index in [1.807, 2.05) is 0 Å². The van der Waals surface area contributed by atoms with Gasteiger partial charge in [-0.3, -0.25) is 0 Å². The zero-order valence-electron chi connectivity index (χ0n) is 10.6. The molecule has 0 atom stereocenters. The van der Waals surface area contributed by atoms with Crippen molar-refractivity contribution in [3.63, 3.8) is 0 Å². The van der Waals surface area contributed by atoms with Crippen LogP contribution in [0.3, 0.4) is 0 Å². The van der Waals surface area contributed by atoms with E-state index in [4.69, 9.17) is 40.1 Å². The lowest BCUT2D eigenvalue weighted by molar-refractivity contribution is 0.0222. The van der Waals surface area contributed by atoms with Crippen LogP contribution >= 0.6 is 0 Å². The van der Waals surface area contributed by atoms with Crippen molar-refractivity contribution in [1.29, 1.82) is 0 Å². The molecule has 0 aromatic rings. The van der Waals surface area contributed by atoms with Crippen molar-refractivity contribution in [2.24, 2.45) is 0 Å². The summed E-state index contributed by atoms with van der Waals surface area (Å²) in [6, 6.07) is 0. The normalized spacial score (nSPS) is 9.00. The first kappa shape index (κ1) is 22.8. The molecular formula is C10H26O8. The Hall–Kier alpha value is -0.320. The standard InChI is InChI=1S/C6H14O4.2C2H6O2/c7-1-3-9-5-6-10-4-2-8;2*3-1-2-4/h7-8H,1-6H2;2*3-4H,1-2H2. The van der Waals surface area contributed by atoms with Gasteiger partial charge >= 0.3 is 0 Å². The van der Waals surface area contributed by atoms with E-state index >= 15 is 0 Å². The van der Waals surface area contributed by atoms with Crippen LogP contribution in [-0.2, 0) is 9.47 Å². The molecule has 0 aromatic heterocycles. The summed E-state index contributed by atoms with van der Waals surface area (Å²) in [4.78, 5) is 0. The van der Waals surface area contributed by atoms with Gasteiger partial charge in [-0.2, -0.15) is 0 Å². The van der Waals surface area contributed by atoms with Crippen LogP contribution in [0.2, 0.25) is 0 Å². The Morgan fingerprint density at radius 2 is 0.667 bits per heavy atom. The largest absolute Gasteiger partial charge is 0.394 e. The smallest absolute Gasteiger partial charge is 0.0701 e. The summed E-state index contributed by atoms with van der Waals surface area (Å²) in [6.45, 7) is 1.23. The molecule has 0 radical (unpaired) electrons. The van der Waals surface area contributed by atoms with E-state index in [1.165, 1.54) is 0 Å². The van der Waals surface area contributed by atoms with Crippen LogP contribution in [0.25, 0.3) is 0 Å². The first-order chi connectivity index (χ1) is 8.74. The highest BCUT2D eigenvalue weighted by atomic mass is 16.5. The molecule has 8 heteroatoms. The van der Waals surface area contributed by atoms with E-state index in [0.29, 0.717) is 26.4 Å². The van der Waals surface area contributed by atoms with Crippen molar-refractivity contribution in [3.8, 4) is 0 Å². The number of ether oxygens (including phenoxy) is 2. The molecule has 0 fully saturated rings. The van der Waals surface area contributed by atoms with Crippen molar-refractivity contribution < 1.29 is 40.1 Å². The molecule has 0 amide bonds. The van der Waals surface area contributed by atoms with Crippen LogP contribution in [0.5, 0.6) is 0 Å². The highest BCUT2D eigenvalue weighted by Gasteiger charge is 1.86. The Bertz CT molecular complexity index is 87.9. The lowest BCUT2D eigenvalue weighted by Crippen LogP contribution is -2.09. The van der Waals surface area contributed by atoms with Crippen LogP contribution in [0.15, 0.2) is 0 Å². The zero-order chi connectivity index (χ0) is 14.5. The van der Waals surface area contributed by atoms with Crippen LogP contribution in [-0.4, -0.2) is 96.7 Å². The Morgan fingerprint density at radius 1 is 0.389 bits per heavy atom. The summed E-state index contributed by atoms with van der Waals surface area (Å²) in [5.41, 5.74) is 0. The lowest BCUT2D eigenvalue weighted by Gasteiger charge is -2.01. The highest BCUT2D eigenvalue weighted by molar-refractivity contribution is 4.30. The fraction of sp³-hybridized carbons (Fsp3) is 1.00. The second-order valence-electron chi connectivity index (χ2n) is 2.57. The Balaban J connectivity index is -0.000000233. The molecule has 6 N–H and O–H groups in total. The number of aliphatic hydroxyl groups is 6. The molecular weight excluding hydrogens is 248 g/mol. The average Bonchev–Trinajstić information content (AvgIpc) is 2.43. The monoisotopic (exact) mass is 274 g/mol. The molecule has 0 aromatic carbocycles. The van der Waals surface area contributed by atoms with E-state index in [9.17, 15) is 0 Å². The van der Waals surface area contributed by atoms with Crippen molar-refractivity contribution in [2.45, 2.75) is 0 Å². The van der Waals surface area contributed by atoms with Gasteiger partial charge in [0.1, 0.15) is 0 Å². The molecule has 0 spiro atoms. The molecule has 0 aliphatic rings. The Morgan fingerprint density at radius 3 is 0.833 bits per heavy atom. The molecule has 0 rings (SSSR count). The molecule has 0 saturated carbocycles. The van der Waals surface area contributed by atoms with Crippen LogP contribution in [0.1, 0.15) is 0 Å². The second kappa shape index (κ2) is 30.1. The third kappa shape index (κ3) is 44.8. The first-order valence-electron chi connectivity index (χ1n) is 5.55. The van der Waals surface area contributed by atoms with Crippen LogP contribution < -0.4 is 0 Å². The Labute approximate surface area is 107 Å². The fourth-order valence-electron chi connectivity index (χ4n) is 0.451. The SMILES string of the molecule is OCCO.OCCO.OCCOCCOCCO. The average molecular weight is 274 g/mol. The maximum atomic E-state index is 8.26. The number of rotatable bonds is 9. The maximum absolute atomic E-state index is 8.26. The summed E-state index contributed by atoms with van der Waals surface area (Å²) in [6.07, 6.45) is 0. The molecule has 0 aliphatic heterocycles. The second-order valence-corrected chi connectivity index (χ2v) is 2.57. The van der Waals surface area contributed by atoms with Gasteiger partial charge in [-0.25, -0.2) is 0 Å². The quantitative estimate of drug-likeness (QED) is 0.244. The van der Waals surface area contributed by atoms with Gasteiger partial charge in [0.2, 0.25) is 0 Å². The van der Waals surface area contributed by atoms with Gasteiger partial charge in [0.05, 0.1) is 66.1 Å². The summed E-state index contributed by atoms with van der Waals surface area (Å²) in [5, 5.41) is 47.0. The van der Waals surface area contributed by atoms with Gasteiger partial charge in [-0.1, -0.05) is 0 Å². The summed E-state index contributed by atoms with van der Waals surface area (Å²) < 4.78 is 9.75. The van der Waals surface area contributed by atoms with Crippen molar-refractivity contribution in [1.82, 2.24) is 0 Å².